The Morgan fingerprint density at radius 3 is 2.90 bits per heavy atom. The summed E-state index contributed by atoms with van der Waals surface area (Å²) in [6, 6.07) is 4.01. The van der Waals surface area contributed by atoms with Crippen molar-refractivity contribution in [3.8, 4) is 5.75 Å². The van der Waals surface area contributed by atoms with Crippen molar-refractivity contribution in [3.63, 3.8) is 0 Å². The summed E-state index contributed by atoms with van der Waals surface area (Å²) in [5, 5.41) is 0. The fraction of sp³-hybridized carbons (Fsp3) is 0.533. The predicted molar refractivity (Wildman–Crippen MR) is 82.6 cm³/mol. The van der Waals surface area contributed by atoms with Crippen molar-refractivity contribution in [2.24, 2.45) is 0 Å². The Morgan fingerprint density at radius 2 is 2.25 bits per heavy atom. The molecule has 1 atom stereocenters. The molecule has 0 bridgehead atoms. The molecule has 4 nitrogen and oxygen atoms in total. The molecule has 2 rings (SSSR count). The van der Waals surface area contributed by atoms with Crippen LogP contribution in [0.5, 0.6) is 5.75 Å². The molecule has 0 saturated heterocycles. The van der Waals surface area contributed by atoms with Crippen LogP contribution in [0.25, 0.3) is 0 Å². The number of ether oxygens (including phenoxy) is 2. The largest absolute Gasteiger partial charge is 0.492 e. The van der Waals surface area contributed by atoms with Crippen LogP contribution >= 0.6 is 15.9 Å². The molecule has 0 saturated carbocycles. The number of fused-ring (bicyclic) bond motifs is 1. The normalized spacial score (nSPS) is 17.6. The van der Waals surface area contributed by atoms with E-state index in [2.05, 4.69) is 22.9 Å². The van der Waals surface area contributed by atoms with Gasteiger partial charge in [-0.3, -0.25) is 4.90 Å². The summed E-state index contributed by atoms with van der Waals surface area (Å²) in [6.07, 6.45) is 2.44. The SMILES string of the molecule is CCCOc1c(Br)ccc2c1CCC(C)N2C(=O)OC. The van der Waals surface area contributed by atoms with Crippen LogP contribution in [0.4, 0.5) is 10.5 Å². The smallest absolute Gasteiger partial charge is 0.414 e. The zero-order chi connectivity index (χ0) is 14.7. The maximum Gasteiger partial charge on any atom is 0.414 e. The van der Waals surface area contributed by atoms with Gasteiger partial charge in [0.1, 0.15) is 5.75 Å². The number of halogens is 1. The summed E-state index contributed by atoms with van der Waals surface area (Å²) in [7, 11) is 1.41. The van der Waals surface area contributed by atoms with Crippen molar-refractivity contribution in [1.29, 1.82) is 0 Å². The van der Waals surface area contributed by atoms with Crippen LogP contribution in [0, 0.1) is 0 Å². The zero-order valence-corrected chi connectivity index (χ0v) is 13.7. The minimum atomic E-state index is -0.317. The molecule has 1 aliphatic rings. The summed E-state index contributed by atoms with van der Waals surface area (Å²) in [6.45, 7) is 4.78. The van der Waals surface area contributed by atoms with Crippen LogP contribution < -0.4 is 9.64 Å². The van der Waals surface area contributed by atoms with E-state index in [1.165, 1.54) is 7.11 Å². The third-order valence-electron chi connectivity index (χ3n) is 3.52. The van der Waals surface area contributed by atoms with E-state index in [4.69, 9.17) is 9.47 Å². The van der Waals surface area contributed by atoms with E-state index < -0.39 is 0 Å². The maximum atomic E-state index is 12.0. The Morgan fingerprint density at radius 1 is 1.50 bits per heavy atom. The Labute approximate surface area is 128 Å². The van der Waals surface area contributed by atoms with Crippen LogP contribution in [0.2, 0.25) is 0 Å². The van der Waals surface area contributed by atoms with Crippen LogP contribution in [-0.4, -0.2) is 25.9 Å². The minimum absolute atomic E-state index is 0.134. The van der Waals surface area contributed by atoms with Crippen molar-refractivity contribution >= 4 is 27.7 Å². The minimum Gasteiger partial charge on any atom is -0.492 e. The molecule has 0 aromatic heterocycles. The molecular weight excluding hydrogens is 322 g/mol. The second-order valence-electron chi connectivity index (χ2n) is 4.95. The fourth-order valence-corrected chi connectivity index (χ4v) is 3.00. The third kappa shape index (κ3) is 2.77. The van der Waals surface area contributed by atoms with E-state index >= 15 is 0 Å². The van der Waals surface area contributed by atoms with Crippen molar-refractivity contribution in [3.05, 3.63) is 22.2 Å². The average Bonchev–Trinajstić information content (AvgIpc) is 2.45. The number of benzene rings is 1. The summed E-state index contributed by atoms with van der Waals surface area (Å²) < 4.78 is 11.7. The molecule has 110 valence electrons. The lowest BCUT2D eigenvalue weighted by Crippen LogP contribution is -2.42. The summed E-state index contributed by atoms with van der Waals surface area (Å²) in [5.41, 5.74) is 1.97. The summed E-state index contributed by atoms with van der Waals surface area (Å²) >= 11 is 3.54. The molecule has 1 aromatic carbocycles. The molecule has 1 unspecified atom stereocenters. The van der Waals surface area contributed by atoms with Gasteiger partial charge < -0.3 is 9.47 Å². The standard InChI is InChI=1S/C15H20BrNO3/c1-4-9-20-14-11-6-5-10(2)17(15(18)19-3)13(11)8-7-12(14)16/h7-8,10H,4-6,9H2,1-3H3. The van der Waals surface area contributed by atoms with Gasteiger partial charge >= 0.3 is 6.09 Å². The fourth-order valence-electron chi connectivity index (χ4n) is 2.51. The van der Waals surface area contributed by atoms with Crippen LogP contribution in [0.1, 0.15) is 32.3 Å². The van der Waals surface area contributed by atoms with Gasteiger partial charge in [-0.2, -0.15) is 0 Å². The molecule has 0 spiro atoms. The number of carbonyl (C=O) groups excluding carboxylic acids is 1. The van der Waals surface area contributed by atoms with Gasteiger partial charge in [0.25, 0.3) is 0 Å². The molecule has 1 aliphatic heterocycles. The first-order chi connectivity index (χ1) is 9.60. The first-order valence-corrected chi connectivity index (χ1v) is 7.70. The number of amides is 1. The average molecular weight is 342 g/mol. The second kappa shape index (κ2) is 6.48. The van der Waals surface area contributed by atoms with E-state index in [-0.39, 0.29) is 12.1 Å². The zero-order valence-electron chi connectivity index (χ0n) is 12.1. The Kier molecular flexibility index (Phi) is 4.91. The Balaban J connectivity index is 2.45. The van der Waals surface area contributed by atoms with Crippen molar-refractivity contribution in [2.75, 3.05) is 18.6 Å². The van der Waals surface area contributed by atoms with Gasteiger partial charge in [0.05, 0.1) is 23.9 Å². The molecule has 0 N–H and O–H groups in total. The number of methoxy groups -OCH3 is 1. The van der Waals surface area contributed by atoms with E-state index in [1.807, 2.05) is 19.1 Å². The third-order valence-corrected chi connectivity index (χ3v) is 4.15. The van der Waals surface area contributed by atoms with Gasteiger partial charge in [0.15, 0.2) is 0 Å². The highest BCUT2D eigenvalue weighted by atomic mass is 79.9. The number of nitrogens with zero attached hydrogens (tertiary/aromatic N) is 1. The Bertz CT molecular complexity index is 504. The number of carbonyl (C=O) groups is 1. The van der Waals surface area contributed by atoms with Gasteiger partial charge in [-0.15, -0.1) is 0 Å². The van der Waals surface area contributed by atoms with Gasteiger partial charge in [-0.25, -0.2) is 4.79 Å². The highest BCUT2D eigenvalue weighted by Crippen LogP contribution is 2.41. The van der Waals surface area contributed by atoms with Crippen molar-refractivity contribution in [2.45, 2.75) is 39.2 Å². The van der Waals surface area contributed by atoms with E-state index in [9.17, 15) is 4.79 Å². The van der Waals surface area contributed by atoms with Gasteiger partial charge in [-0.05, 0) is 54.2 Å². The molecular formula is C15H20BrNO3. The lowest BCUT2D eigenvalue weighted by atomic mass is 9.96. The second-order valence-corrected chi connectivity index (χ2v) is 5.80. The first kappa shape index (κ1) is 15.2. The quantitative estimate of drug-likeness (QED) is 0.828. The van der Waals surface area contributed by atoms with Gasteiger partial charge in [0, 0.05) is 11.6 Å². The highest BCUT2D eigenvalue weighted by molar-refractivity contribution is 9.10. The molecule has 1 amide bonds. The number of anilines is 1. The number of hydrogen-bond acceptors (Lipinski definition) is 3. The Hall–Kier alpha value is -1.23. The number of hydrogen-bond donors (Lipinski definition) is 0. The molecule has 1 heterocycles. The van der Waals surface area contributed by atoms with E-state index in [1.54, 1.807) is 4.90 Å². The lowest BCUT2D eigenvalue weighted by Gasteiger charge is -2.35. The van der Waals surface area contributed by atoms with Crippen LogP contribution in [0.3, 0.4) is 0 Å². The summed E-state index contributed by atoms with van der Waals surface area (Å²) in [5.74, 6) is 0.852. The monoisotopic (exact) mass is 341 g/mol. The van der Waals surface area contributed by atoms with E-state index in [0.717, 1.165) is 40.7 Å². The molecule has 1 aromatic rings. The predicted octanol–water partition coefficient (Wildman–Crippen LogP) is 4.15. The van der Waals surface area contributed by atoms with E-state index in [0.29, 0.717) is 6.61 Å². The van der Waals surface area contributed by atoms with Crippen LogP contribution in [0.15, 0.2) is 16.6 Å². The van der Waals surface area contributed by atoms with Crippen LogP contribution in [-0.2, 0) is 11.2 Å². The number of rotatable bonds is 3. The van der Waals surface area contributed by atoms with Crippen molar-refractivity contribution < 1.29 is 14.3 Å². The van der Waals surface area contributed by atoms with Gasteiger partial charge in [-0.1, -0.05) is 6.92 Å². The molecule has 20 heavy (non-hydrogen) atoms. The maximum absolute atomic E-state index is 12.0. The first-order valence-electron chi connectivity index (χ1n) is 6.91. The van der Waals surface area contributed by atoms with Crippen molar-refractivity contribution in [1.82, 2.24) is 0 Å². The molecule has 5 heteroatoms. The summed E-state index contributed by atoms with van der Waals surface area (Å²) in [4.78, 5) is 13.7. The molecule has 0 radical (unpaired) electrons. The lowest BCUT2D eigenvalue weighted by molar-refractivity contribution is 0.175. The molecule has 0 aliphatic carbocycles. The topological polar surface area (TPSA) is 38.8 Å². The van der Waals surface area contributed by atoms with Gasteiger partial charge in [0.2, 0.25) is 0 Å². The molecule has 0 fully saturated rings. The highest BCUT2D eigenvalue weighted by Gasteiger charge is 2.31.